The van der Waals surface area contributed by atoms with Crippen LogP contribution in [0.5, 0.6) is 0 Å². The summed E-state index contributed by atoms with van der Waals surface area (Å²) in [6.45, 7) is 16.2. The molecule has 2 aromatic rings. The number of hydrogen-bond donors (Lipinski definition) is 1. The van der Waals surface area contributed by atoms with Crippen LogP contribution in [0.2, 0.25) is 0 Å². The summed E-state index contributed by atoms with van der Waals surface area (Å²) in [6.07, 6.45) is 0. The van der Waals surface area contributed by atoms with E-state index in [0.717, 1.165) is 23.4 Å². The van der Waals surface area contributed by atoms with Gasteiger partial charge in [-0.1, -0.05) is 27.7 Å². The lowest BCUT2D eigenvalue weighted by Gasteiger charge is -2.28. The quantitative estimate of drug-likeness (QED) is 0.910. The maximum absolute atomic E-state index is 6.09. The third-order valence-electron chi connectivity index (χ3n) is 4.54. The summed E-state index contributed by atoms with van der Waals surface area (Å²) in [5, 5.41) is 1.01. The van der Waals surface area contributed by atoms with Crippen LogP contribution >= 0.6 is 0 Å². The first-order chi connectivity index (χ1) is 9.12. The van der Waals surface area contributed by atoms with E-state index in [1.807, 2.05) is 6.92 Å². The predicted octanol–water partition coefficient (Wildman–Crippen LogP) is 3.62. The van der Waals surface area contributed by atoms with Crippen LogP contribution in [-0.4, -0.2) is 14.5 Å². The zero-order valence-electron chi connectivity index (χ0n) is 13.7. The van der Waals surface area contributed by atoms with Gasteiger partial charge in [0.2, 0.25) is 0 Å². The second kappa shape index (κ2) is 4.76. The van der Waals surface area contributed by atoms with Gasteiger partial charge in [0.05, 0.1) is 5.39 Å². The Kier molecular flexibility index (Phi) is 3.53. The lowest BCUT2D eigenvalue weighted by Crippen LogP contribution is -2.23. The van der Waals surface area contributed by atoms with Crippen molar-refractivity contribution in [2.45, 2.75) is 55.0 Å². The summed E-state index contributed by atoms with van der Waals surface area (Å²) < 4.78 is 2.30. The standard InChI is InChI=1S/C16H26N4/c1-9(16(5,6)7)8-20-11(3)10(2)13-14(17)18-12(4)19-15(13)20/h9H,8H2,1-7H3,(H2,17,18,19). The number of anilines is 1. The van der Waals surface area contributed by atoms with Crippen LogP contribution in [0.1, 0.15) is 44.8 Å². The molecule has 0 saturated carbocycles. The fraction of sp³-hybridized carbons (Fsp3) is 0.625. The maximum Gasteiger partial charge on any atom is 0.146 e. The molecule has 1 unspecified atom stereocenters. The van der Waals surface area contributed by atoms with Gasteiger partial charge in [-0.15, -0.1) is 0 Å². The Hall–Kier alpha value is -1.58. The number of aromatic nitrogens is 3. The third-order valence-corrected chi connectivity index (χ3v) is 4.54. The van der Waals surface area contributed by atoms with Crippen LogP contribution < -0.4 is 5.73 Å². The molecular formula is C16H26N4. The van der Waals surface area contributed by atoms with Gasteiger partial charge in [-0.05, 0) is 37.7 Å². The second-order valence-electron chi connectivity index (χ2n) is 6.94. The minimum Gasteiger partial charge on any atom is -0.383 e. The minimum absolute atomic E-state index is 0.268. The van der Waals surface area contributed by atoms with E-state index >= 15 is 0 Å². The molecule has 0 aliphatic carbocycles. The molecule has 20 heavy (non-hydrogen) atoms. The lowest BCUT2D eigenvalue weighted by molar-refractivity contribution is 0.233. The van der Waals surface area contributed by atoms with Gasteiger partial charge < -0.3 is 10.3 Å². The van der Waals surface area contributed by atoms with Gasteiger partial charge in [-0.2, -0.15) is 0 Å². The molecule has 0 fully saturated rings. The van der Waals surface area contributed by atoms with E-state index in [-0.39, 0.29) is 5.41 Å². The second-order valence-corrected chi connectivity index (χ2v) is 6.94. The Bertz CT molecular complexity index is 647. The summed E-state index contributed by atoms with van der Waals surface area (Å²) >= 11 is 0. The fourth-order valence-electron chi connectivity index (χ4n) is 2.45. The van der Waals surface area contributed by atoms with E-state index < -0.39 is 0 Å². The monoisotopic (exact) mass is 274 g/mol. The molecule has 0 amide bonds. The lowest BCUT2D eigenvalue weighted by atomic mass is 9.82. The van der Waals surface area contributed by atoms with Crippen molar-refractivity contribution >= 4 is 16.9 Å². The van der Waals surface area contributed by atoms with Gasteiger partial charge >= 0.3 is 0 Å². The summed E-state index contributed by atoms with van der Waals surface area (Å²) in [5.74, 6) is 1.88. The number of rotatable bonds is 2. The van der Waals surface area contributed by atoms with Crippen LogP contribution in [0.4, 0.5) is 5.82 Å². The SMILES string of the molecule is Cc1nc(N)c2c(C)c(C)n(CC(C)C(C)(C)C)c2n1. The van der Waals surface area contributed by atoms with E-state index in [2.05, 4.69) is 56.1 Å². The number of hydrogen-bond acceptors (Lipinski definition) is 3. The molecule has 0 aliphatic rings. The molecule has 2 rings (SSSR count). The van der Waals surface area contributed by atoms with E-state index in [9.17, 15) is 0 Å². The molecule has 0 aliphatic heterocycles. The van der Waals surface area contributed by atoms with Crippen molar-refractivity contribution in [1.29, 1.82) is 0 Å². The normalized spacial score (nSPS) is 13.9. The van der Waals surface area contributed by atoms with Crippen LogP contribution in [0.15, 0.2) is 0 Å². The molecule has 4 heteroatoms. The number of nitrogens with zero attached hydrogens (tertiary/aromatic N) is 3. The highest BCUT2D eigenvalue weighted by Gasteiger charge is 2.23. The molecule has 0 spiro atoms. The topological polar surface area (TPSA) is 56.7 Å². The van der Waals surface area contributed by atoms with Crippen LogP contribution in [-0.2, 0) is 6.54 Å². The van der Waals surface area contributed by atoms with Crippen LogP contribution in [0.25, 0.3) is 11.0 Å². The van der Waals surface area contributed by atoms with Crippen molar-refractivity contribution in [2.75, 3.05) is 5.73 Å². The Balaban J connectivity index is 2.62. The molecule has 4 nitrogen and oxygen atoms in total. The minimum atomic E-state index is 0.268. The highest BCUT2D eigenvalue weighted by molar-refractivity contribution is 5.91. The average molecular weight is 274 g/mol. The van der Waals surface area contributed by atoms with Crippen molar-refractivity contribution in [1.82, 2.24) is 14.5 Å². The molecule has 0 radical (unpaired) electrons. The summed E-state index contributed by atoms with van der Waals surface area (Å²) in [6, 6.07) is 0. The number of aryl methyl sites for hydroxylation is 2. The van der Waals surface area contributed by atoms with Gasteiger partial charge in [0.1, 0.15) is 17.3 Å². The third kappa shape index (κ3) is 2.39. The Morgan fingerprint density at radius 3 is 2.30 bits per heavy atom. The van der Waals surface area contributed by atoms with E-state index in [1.165, 1.54) is 11.3 Å². The zero-order valence-corrected chi connectivity index (χ0v) is 13.7. The number of nitrogens with two attached hydrogens (primary N) is 1. The average Bonchev–Trinajstić information content (AvgIpc) is 2.53. The van der Waals surface area contributed by atoms with E-state index in [1.54, 1.807) is 0 Å². The Labute approximate surface area is 121 Å². The molecule has 0 aromatic carbocycles. The van der Waals surface area contributed by atoms with Crippen molar-refractivity contribution in [3.05, 3.63) is 17.1 Å². The summed E-state index contributed by atoms with van der Waals surface area (Å²) in [5.41, 5.74) is 9.77. The van der Waals surface area contributed by atoms with Gasteiger partial charge in [-0.25, -0.2) is 9.97 Å². The van der Waals surface area contributed by atoms with Crippen molar-refractivity contribution in [3.63, 3.8) is 0 Å². The van der Waals surface area contributed by atoms with Gasteiger partial charge in [-0.3, -0.25) is 0 Å². The molecule has 2 N–H and O–H groups in total. The molecular weight excluding hydrogens is 248 g/mol. The maximum atomic E-state index is 6.09. The molecule has 110 valence electrons. The van der Waals surface area contributed by atoms with Crippen molar-refractivity contribution in [2.24, 2.45) is 11.3 Å². The molecule has 2 aromatic heterocycles. The smallest absolute Gasteiger partial charge is 0.146 e. The van der Waals surface area contributed by atoms with E-state index in [4.69, 9.17) is 5.73 Å². The molecule has 2 heterocycles. The predicted molar refractivity (Wildman–Crippen MR) is 84.8 cm³/mol. The van der Waals surface area contributed by atoms with E-state index in [0.29, 0.717) is 11.7 Å². The molecule has 1 atom stereocenters. The first kappa shape index (κ1) is 14.8. The highest BCUT2D eigenvalue weighted by atomic mass is 15.1. The van der Waals surface area contributed by atoms with Crippen molar-refractivity contribution < 1.29 is 0 Å². The largest absolute Gasteiger partial charge is 0.383 e. The van der Waals surface area contributed by atoms with Gasteiger partial charge in [0.25, 0.3) is 0 Å². The summed E-state index contributed by atoms with van der Waals surface area (Å²) in [4.78, 5) is 8.92. The first-order valence-corrected chi connectivity index (χ1v) is 7.22. The Morgan fingerprint density at radius 1 is 1.15 bits per heavy atom. The molecule has 0 saturated heterocycles. The summed E-state index contributed by atoms with van der Waals surface area (Å²) in [7, 11) is 0. The van der Waals surface area contributed by atoms with Gasteiger partial charge in [0, 0.05) is 12.2 Å². The van der Waals surface area contributed by atoms with Crippen LogP contribution in [0.3, 0.4) is 0 Å². The Morgan fingerprint density at radius 2 is 1.75 bits per heavy atom. The first-order valence-electron chi connectivity index (χ1n) is 7.22. The number of fused-ring (bicyclic) bond motifs is 1. The molecule has 0 bridgehead atoms. The van der Waals surface area contributed by atoms with Gasteiger partial charge in [0.15, 0.2) is 0 Å². The van der Waals surface area contributed by atoms with Crippen LogP contribution in [0, 0.1) is 32.1 Å². The fourth-order valence-corrected chi connectivity index (χ4v) is 2.45. The highest BCUT2D eigenvalue weighted by Crippen LogP contribution is 2.32. The zero-order chi connectivity index (χ0) is 15.2. The van der Waals surface area contributed by atoms with Crippen molar-refractivity contribution in [3.8, 4) is 0 Å². The number of nitrogen functional groups attached to an aromatic ring is 1.